The predicted molar refractivity (Wildman–Crippen MR) is 44.7 cm³/mol. The van der Waals surface area contributed by atoms with E-state index in [1.54, 1.807) is 0 Å². The third-order valence-electron chi connectivity index (χ3n) is 1.22. The van der Waals surface area contributed by atoms with Crippen molar-refractivity contribution in [2.45, 2.75) is 19.1 Å². The minimum Gasteiger partial charge on any atom is -0.480 e. The summed E-state index contributed by atoms with van der Waals surface area (Å²) in [5, 5.41) is 8.16. The van der Waals surface area contributed by atoms with E-state index < -0.39 is 17.9 Å². The van der Waals surface area contributed by atoms with Crippen LogP contribution < -0.4 is 0 Å². The van der Waals surface area contributed by atoms with Gasteiger partial charge in [-0.2, -0.15) is 0 Å². The van der Waals surface area contributed by atoms with Gasteiger partial charge in [-0.05, 0) is 5.92 Å². The van der Waals surface area contributed by atoms with Crippen LogP contribution in [-0.4, -0.2) is 28.8 Å². The zero-order chi connectivity index (χ0) is 8.85. The number of alkyl halides is 1. The molecule has 0 radical (unpaired) electrons. The Kier molecular flexibility index (Phi) is 5.28. The molecule has 0 amide bonds. The molecule has 0 heterocycles. The van der Waals surface area contributed by atoms with E-state index in [1.807, 2.05) is 13.8 Å². The Bertz CT molecular complexity index is 128. The monoisotopic (exact) mass is 180 g/mol. The van der Waals surface area contributed by atoms with Crippen LogP contribution in [0.15, 0.2) is 0 Å². The molecule has 66 valence electrons. The van der Waals surface area contributed by atoms with Crippen molar-refractivity contribution in [3.8, 4) is 0 Å². The lowest BCUT2D eigenvalue weighted by atomic mass is 10.1. The Balaban J connectivity index is 3.80. The second kappa shape index (κ2) is 5.41. The van der Waals surface area contributed by atoms with E-state index in [0.717, 1.165) is 11.8 Å². The summed E-state index contributed by atoms with van der Waals surface area (Å²) < 4.78 is 11.7. The average molecular weight is 180 g/mol. The summed E-state index contributed by atoms with van der Waals surface area (Å²) >= 11 is 1.16. The minimum atomic E-state index is -0.849. The maximum atomic E-state index is 11.7. The van der Waals surface area contributed by atoms with E-state index in [-0.39, 0.29) is 11.7 Å². The van der Waals surface area contributed by atoms with Gasteiger partial charge < -0.3 is 5.11 Å². The highest BCUT2D eigenvalue weighted by Crippen LogP contribution is 2.19. The fourth-order valence-electron chi connectivity index (χ4n) is 0.720. The van der Waals surface area contributed by atoms with Crippen LogP contribution in [-0.2, 0) is 4.79 Å². The molecular formula is C7H13FO2S. The zero-order valence-corrected chi connectivity index (χ0v) is 7.53. The first-order valence-corrected chi connectivity index (χ1v) is 4.54. The first-order valence-electron chi connectivity index (χ1n) is 3.50. The van der Waals surface area contributed by atoms with E-state index in [1.165, 1.54) is 0 Å². The third kappa shape index (κ3) is 4.24. The third-order valence-corrected chi connectivity index (χ3v) is 2.72. The van der Waals surface area contributed by atoms with Gasteiger partial charge in [0.1, 0.15) is 5.25 Å². The van der Waals surface area contributed by atoms with Crippen LogP contribution in [0.4, 0.5) is 4.39 Å². The maximum Gasteiger partial charge on any atom is 0.316 e. The van der Waals surface area contributed by atoms with E-state index >= 15 is 0 Å². The predicted octanol–water partition coefficient (Wildman–Crippen LogP) is 1.80. The number of hydrogen-bond acceptors (Lipinski definition) is 2. The molecule has 0 aromatic rings. The molecular weight excluding hydrogens is 167 g/mol. The summed E-state index contributed by atoms with van der Waals surface area (Å²) in [6.45, 7) is 3.19. The van der Waals surface area contributed by atoms with Crippen molar-refractivity contribution in [3.05, 3.63) is 0 Å². The number of halogens is 1. The van der Waals surface area contributed by atoms with Gasteiger partial charge in [0.15, 0.2) is 0 Å². The smallest absolute Gasteiger partial charge is 0.316 e. The summed E-state index contributed by atoms with van der Waals surface area (Å²) in [5.41, 5.74) is 0. The molecule has 4 heteroatoms. The highest BCUT2D eigenvalue weighted by atomic mass is 32.2. The Morgan fingerprint density at radius 1 is 1.64 bits per heavy atom. The SMILES string of the molecule is CC(C)C(SCCF)C(=O)O. The largest absolute Gasteiger partial charge is 0.480 e. The van der Waals surface area contributed by atoms with Crippen LogP contribution >= 0.6 is 11.8 Å². The summed E-state index contributed by atoms with van der Waals surface area (Å²) in [4.78, 5) is 10.5. The van der Waals surface area contributed by atoms with Crippen LogP contribution in [0.2, 0.25) is 0 Å². The Morgan fingerprint density at radius 3 is 2.45 bits per heavy atom. The van der Waals surface area contributed by atoms with Crippen molar-refractivity contribution in [1.29, 1.82) is 0 Å². The normalized spacial score (nSPS) is 13.5. The number of carboxylic acid groups (broad SMARTS) is 1. The van der Waals surface area contributed by atoms with Gasteiger partial charge in [-0.3, -0.25) is 9.18 Å². The molecule has 0 spiro atoms. The van der Waals surface area contributed by atoms with Crippen LogP contribution in [0.3, 0.4) is 0 Å². The zero-order valence-electron chi connectivity index (χ0n) is 6.71. The summed E-state index contributed by atoms with van der Waals surface area (Å²) in [7, 11) is 0. The second-order valence-corrected chi connectivity index (χ2v) is 3.81. The van der Waals surface area contributed by atoms with E-state index in [4.69, 9.17) is 5.11 Å². The molecule has 0 fully saturated rings. The lowest BCUT2D eigenvalue weighted by Crippen LogP contribution is -2.23. The van der Waals surface area contributed by atoms with Crippen molar-refractivity contribution in [2.24, 2.45) is 5.92 Å². The quantitative estimate of drug-likeness (QED) is 0.701. The standard InChI is InChI=1S/C7H13FO2S/c1-5(2)6(7(9)10)11-4-3-8/h5-6H,3-4H2,1-2H3,(H,9,10). The highest BCUT2D eigenvalue weighted by molar-refractivity contribution is 8.00. The van der Waals surface area contributed by atoms with Crippen molar-refractivity contribution >= 4 is 17.7 Å². The van der Waals surface area contributed by atoms with Crippen LogP contribution in [0.1, 0.15) is 13.8 Å². The van der Waals surface area contributed by atoms with Crippen LogP contribution in [0.5, 0.6) is 0 Å². The molecule has 0 rings (SSSR count). The van der Waals surface area contributed by atoms with Crippen molar-refractivity contribution in [1.82, 2.24) is 0 Å². The molecule has 1 unspecified atom stereocenters. The van der Waals surface area contributed by atoms with Crippen molar-refractivity contribution < 1.29 is 14.3 Å². The minimum absolute atomic E-state index is 0.0593. The van der Waals surface area contributed by atoms with Gasteiger partial charge in [0.2, 0.25) is 0 Å². The van der Waals surface area contributed by atoms with Crippen LogP contribution in [0, 0.1) is 5.92 Å². The Morgan fingerprint density at radius 2 is 2.18 bits per heavy atom. The Hall–Kier alpha value is -0.250. The molecule has 0 aromatic carbocycles. The summed E-state index contributed by atoms with van der Waals surface area (Å²) in [5.74, 6) is -0.516. The lowest BCUT2D eigenvalue weighted by molar-refractivity contribution is -0.137. The van der Waals surface area contributed by atoms with Gasteiger partial charge in [0.25, 0.3) is 0 Å². The fourth-order valence-corrected chi connectivity index (χ4v) is 1.59. The summed E-state index contributed by atoms with van der Waals surface area (Å²) in [6, 6.07) is 0. The Labute approximate surface area is 70.2 Å². The van der Waals surface area contributed by atoms with Crippen LogP contribution in [0.25, 0.3) is 0 Å². The molecule has 0 aliphatic rings. The number of carbonyl (C=O) groups is 1. The second-order valence-electron chi connectivity index (χ2n) is 2.56. The molecule has 11 heavy (non-hydrogen) atoms. The first-order chi connectivity index (χ1) is 5.09. The molecule has 0 aliphatic carbocycles. The van der Waals surface area contributed by atoms with E-state index in [2.05, 4.69) is 0 Å². The van der Waals surface area contributed by atoms with Gasteiger partial charge in [0.05, 0.1) is 6.67 Å². The molecule has 0 aromatic heterocycles. The number of thioether (sulfide) groups is 1. The first kappa shape index (κ1) is 10.8. The average Bonchev–Trinajstić information content (AvgIpc) is 1.87. The van der Waals surface area contributed by atoms with Gasteiger partial charge in [-0.25, -0.2) is 0 Å². The molecule has 0 bridgehead atoms. The van der Waals surface area contributed by atoms with E-state index in [0.29, 0.717) is 0 Å². The molecule has 1 N–H and O–H groups in total. The number of carboxylic acids is 1. The highest BCUT2D eigenvalue weighted by Gasteiger charge is 2.20. The van der Waals surface area contributed by atoms with Gasteiger partial charge >= 0.3 is 5.97 Å². The molecule has 0 aliphatic heterocycles. The number of hydrogen-bond donors (Lipinski definition) is 1. The number of rotatable bonds is 5. The molecule has 1 atom stereocenters. The van der Waals surface area contributed by atoms with Gasteiger partial charge in [-0.15, -0.1) is 11.8 Å². The summed E-state index contributed by atoms with van der Waals surface area (Å²) in [6.07, 6.45) is 0. The topological polar surface area (TPSA) is 37.3 Å². The maximum absolute atomic E-state index is 11.7. The molecule has 2 nitrogen and oxygen atoms in total. The molecule has 0 saturated heterocycles. The van der Waals surface area contributed by atoms with Crippen molar-refractivity contribution in [3.63, 3.8) is 0 Å². The number of aliphatic carboxylic acids is 1. The van der Waals surface area contributed by atoms with E-state index in [9.17, 15) is 9.18 Å². The lowest BCUT2D eigenvalue weighted by Gasteiger charge is -2.13. The van der Waals surface area contributed by atoms with Gasteiger partial charge in [0, 0.05) is 5.75 Å². The molecule has 0 saturated carbocycles. The fraction of sp³-hybridized carbons (Fsp3) is 0.857. The van der Waals surface area contributed by atoms with Gasteiger partial charge in [-0.1, -0.05) is 13.8 Å². The van der Waals surface area contributed by atoms with Crippen molar-refractivity contribution in [2.75, 3.05) is 12.4 Å².